The number of nitrogens with one attached hydrogen (secondary N) is 1. The first-order valence-corrected chi connectivity index (χ1v) is 21.6. The maximum Gasteiger partial charge on any atom is 0.416 e. The lowest BCUT2D eigenvalue weighted by molar-refractivity contribution is -0.137. The predicted molar refractivity (Wildman–Crippen MR) is 268 cm³/mol. The van der Waals surface area contributed by atoms with Gasteiger partial charge in [0.2, 0.25) is 0 Å². The Hall–Kier alpha value is -5.33. The molecular weight excluding hydrogens is 862 g/mol. The Morgan fingerprint density at radius 2 is 1.03 bits per heavy atom. The number of hydrogen-bond acceptors (Lipinski definition) is 12. The molecule has 1 aliphatic carbocycles. The molecular formula is C48H76ClF4N9O3. The lowest BCUT2D eigenvalue weighted by atomic mass is 9.97. The summed E-state index contributed by atoms with van der Waals surface area (Å²) in [6, 6.07) is 34.5. The highest BCUT2D eigenvalue weighted by molar-refractivity contribution is 6.30. The number of rotatable bonds is 8. The Morgan fingerprint density at radius 1 is 0.631 bits per heavy atom. The zero-order chi connectivity index (χ0) is 49.7. The molecule has 0 saturated heterocycles. The molecule has 0 heterocycles. The number of alkyl halides is 3. The Labute approximate surface area is 389 Å². The van der Waals surface area contributed by atoms with Crippen LogP contribution in [0.25, 0.3) is 0 Å². The maximum absolute atomic E-state index is 12.0. The zero-order valence-corrected chi connectivity index (χ0v) is 39.0. The number of ether oxygens (including phenoxy) is 1. The highest BCUT2D eigenvalue weighted by Gasteiger charge is 2.29. The van der Waals surface area contributed by atoms with E-state index in [1.807, 2.05) is 61.5 Å². The van der Waals surface area contributed by atoms with E-state index in [1.54, 1.807) is 24.3 Å². The van der Waals surface area contributed by atoms with Gasteiger partial charge in [-0.3, -0.25) is 0 Å². The van der Waals surface area contributed by atoms with Crippen LogP contribution in [0.1, 0.15) is 64.4 Å². The third-order valence-corrected chi connectivity index (χ3v) is 8.01. The first kappa shape index (κ1) is 64.0. The zero-order valence-electron chi connectivity index (χ0n) is 38.2. The van der Waals surface area contributed by atoms with Gasteiger partial charge >= 0.3 is 6.18 Å². The Morgan fingerprint density at radius 3 is 1.31 bits per heavy atom. The van der Waals surface area contributed by atoms with E-state index in [-0.39, 0.29) is 19.0 Å². The molecule has 0 aromatic heterocycles. The summed E-state index contributed by atoms with van der Waals surface area (Å²) in [7, 11) is 1.50. The number of para-hydroxylation sites is 1. The average molecular weight is 939 g/mol. The summed E-state index contributed by atoms with van der Waals surface area (Å²) < 4.78 is 52.9. The van der Waals surface area contributed by atoms with Gasteiger partial charge in [-0.05, 0) is 149 Å². The van der Waals surface area contributed by atoms with Crippen molar-refractivity contribution in [1.29, 1.82) is 0 Å². The van der Waals surface area contributed by atoms with Crippen molar-refractivity contribution in [1.82, 2.24) is 5.32 Å². The van der Waals surface area contributed by atoms with Crippen LogP contribution >= 0.6 is 11.6 Å². The summed E-state index contributed by atoms with van der Waals surface area (Å²) in [4.78, 5) is 0. The van der Waals surface area contributed by atoms with Crippen LogP contribution in [0.5, 0.6) is 5.75 Å². The molecule has 0 unspecified atom stereocenters. The van der Waals surface area contributed by atoms with Crippen LogP contribution in [-0.2, 0) is 6.18 Å². The molecule has 17 heteroatoms. The van der Waals surface area contributed by atoms with Gasteiger partial charge in [0, 0.05) is 52.6 Å². The molecule has 1 saturated carbocycles. The van der Waals surface area contributed by atoms with Crippen molar-refractivity contribution in [2.24, 2.45) is 17.2 Å². The third-order valence-electron chi connectivity index (χ3n) is 7.75. The van der Waals surface area contributed by atoms with Crippen LogP contribution in [0.15, 0.2) is 127 Å². The van der Waals surface area contributed by atoms with E-state index in [0.29, 0.717) is 37.1 Å². The van der Waals surface area contributed by atoms with Gasteiger partial charge in [0.25, 0.3) is 0 Å². The summed E-state index contributed by atoms with van der Waals surface area (Å²) in [5.41, 5.74) is 44.5. The van der Waals surface area contributed by atoms with Crippen LogP contribution in [0.2, 0.25) is 5.02 Å². The quantitative estimate of drug-likeness (QED) is 0.0396. The molecule has 5 aromatic rings. The molecule has 0 atom stereocenters. The van der Waals surface area contributed by atoms with Crippen molar-refractivity contribution in [2.75, 3.05) is 75.2 Å². The molecule has 1 aliphatic rings. The van der Waals surface area contributed by atoms with Crippen molar-refractivity contribution < 1.29 is 32.5 Å². The minimum Gasteiger partial charge on any atom is -0.494 e. The second-order valence-corrected chi connectivity index (χ2v) is 13.8. The van der Waals surface area contributed by atoms with E-state index >= 15 is 0 Å². The Kier molecular flexibility index (Phi) is 43.2. The highest BCUT2D eigenvalue weighted by atomic mass is 35.5. The highest BCUT2D eigenvalue weighted by Crippen LogP contribution is 2.29. The summed E-state index contributed by atoms with van der Waals surface area (Å²) in [5, 5.41) is 19.8. The second kappa shape index (κ2) is 43.9. The van der Waals surface area contributed by atoms with Gasteiger partial charge in [0.05, 0.1) is 25.4 Å². The van der Waals surface area contributed by atoms with E-state index in [0.717, 1.165) is 46.5 Å². The number of hydrogen-bond donors (Lipinski definition) is 11. The molecule has 19 N–H and O–H groups in total. The number of benzene rings is 5. The van der Waals surface area contributed by atoms with Crippen LogP contribution in [0.4, 0.5) is 46.0 Å². The number of anilines is 5. The van der Waals surface area contributed by atoms with Crippen molar-refractivity contribution in [3.8, 4) is 5.75 Å². The van der Waals surface area contributed by atoms with E-state index in [1.165, 1.54) is 88.4 Å². The SMILES string of the molecule is CCCCN.CCOc1ccc(N)cc1.CN.NC1CCCCC1.Nc1ccc(C(F)(F)F)cc1.Nc1ccc(Cl)cc1.Nc1ccc(F)cc1.Nc1ccccc1.OCCNCCO. The Bertz CT molecular complexity index is 1630. The normalized spacial score (nSPS) is 11.0. The van der Waals surface area contributed by atoms with E-state index < -0.39 is 11.7 Å². The van der Waals surface area contributed by atoms with Crippen LogP contribution < -0.4 is 55.9 Å². The van der Waals surface area contributed by atoms with Gasteiger partial charge in [0.15, 0.2) is 0 Å². The molecule has 12 nitrogen and oxygen atoms in total. The average Bonchev–Trinajstić information content (AvgIpc) is 3.30. The van der Waals surface area contributed by atoms with Crippen molar-refractivity contribution in [3.63, 3.8) is 0 Å². The van der Waals surface area contributed by atoms with E-state index in [4.69, 9.17) is 66.7 Å². The standard InChI is InChI=1S/C8H11NO.C7H6F3N.C6H6ClN.C6H6FN.C6H13N.C6H7N.C4H11NO2.C4H11N.CH5N/c1-2-10-8-5-3-7(9)4-6-8;8-7(9,10)5-1-3-6(11)4-2-5;2*7-5-1-3-6(8)4-2-5;2*7-6-4-2-1-3-5-6;6-3-1-5-2-4-7;1-2-3-4-5;1-2/h3-6H,2,9H2,1H3;1-4H,11H2;2*1-4H,8H2;6H,1-5,7H2;1-5H,7H2;5-7H,1-4H2;2-5H2,1H3;2H2,1H3. The maximum atomic E-state index is 12.0. The summed E-state index contributed by atoms with van der Waals surface area (Å²) in [5.74, 6) is 0.621. The lowest BCUT2D eigenvalue weighted by Gasteiger charge is -2.15. The van der Waals surface area contributed by atoms with E-state index in [9.17, 15) is 17.6 Å². The fraction of sp³-hybridized carbons (Fsp3) is 0.375. The van der Waals surface area contributed by atoms with Gasteiger partial charge < -0.3 is 66.1 Å². The van der Waals surface area contributed by atoms with Crippen LogP contribution in [0, 0.1) is 5.82 Å². The predicted octanol–water partition coefficient (Wildman–Crippen LogP) is 8.71. The van der Waals surface area contributed by atoms with Crippen molar-refractivity contribution in [2.45, 2.75) is 71.0 Å². The molecule has 0 radical (unpaired) electrons. The fourth-order valence-electron chi connectivity index (χ4n) is 4.40. The topological polar surface area (TPSA) is 270 Å². The molecule has 0 spiro atoms. The van der Waals surface area contributed by atoms with Crippen LogP contribution in [0.3, 0.4) is 0 Å². The molecule has 0 amide bonds. The molecule has 0 aliphatic heterocycles. The summed E-state index contributed by atoms with van der Waals surface area (Å²) in [6.45, 7) is 7.05. The van der Waals surface area contributed by atoms with Gasteiger partial charge in [-0.2, -0.15) is 13.2 Å². The number of aliphatic hydroxyl groups excluding tert-OH is 2. The van der Waals surface area contributed by atoms with Crippen molar-refractivity contribution >= 4 is 40.0 Å². The van der Waals surface area contributed by atoms with Gasteiger partial charge in [-0.1, -0.05) is 62.4 Å². The van der Waals surface area contributed by atoms with Gasteiger partial charge in [0.1, 0.15) is 11.6 Å². The largest absolute Gasteiger partial charge is 0.494 e. The molecule has 1 fully saturated rings. The first-order valence-electron chi connectivity index (χ1n) is 21.2. The third kappa shape index (κ3) is 43.7. The molecule has 366 valence electrons. The number of unbranched alkanes of at least 4 members (excludes halogenated alkanes) is 1. The summed E-state index contributed by atoms with van der Waals surface area (Å²) in [6.07, 6.45) is 4.78. The van der Waals surface area contributed by atoms with E-state index in [2.05, 4.69) is 18.0 Å². The minimum absolute atomic E-state index is 0.139. The Balaban J connectivity index is -0.000000678. The van der Waals surface area contributed by atoms with Crippen molar-refractivity contribution in [3.05, 3.63) is 144 Å². The number of nitrogen functional groups attached to an aromatic ring is 5. The minimum atomic E-state index is -4.27. The number of halogens is 5. The van der Waals surface area contributed by atoms with Crippen LogP contribution in [-0.4, -0.2) is 62.8 Å². The lowest BCUT2D eigenvalue weighted by Crippen LogP contribution is -2.22. The van der Waals surface area contributed by atoms with Gasteiger partial charge in [-0.25, -0.2) is 4.39 Å². The summed E-state index contributed by atoms with van der Waals surface area (Å²) >= 11 is 5.56. The second-order valence-electron chi connectivity index (χ2n) is 13.4. The molecule has 0 bridgehead atoms. The monoisotopic (exact) mass is 938 g/mol. The first-order chi connectivity index (χ1) is 31.0. The molecule has 5 aromatic carbocycles. The van der Waals surface area contributed by atoms with Gasteiger partial charge in [-0.15, -0.1) is 0 Å². The fourth-order valence-corrected chi connectivity index (χ4v) is 4.53. The molecule has 6 rings (SSSR count). The smallest absolute Gasteiger partial charge is 0.416 e. The molecule has 65 heavy (non-hydrogen) atoms. The number of aliphatic hydroxyl groups is 2. The number of nitrogens with two attached hydrogens (primary N) is 8.